The highest BCUT2D eigenvalue weighted by Gasteiger charge is 2.41. The molecule has 0 bridgehead atoms. The van der Waals surface area contributed by atoms with Gasteiger partial charge in [-0.3, -0.25) is 9.59 Å². The molecular formula is C39H42BF2N6O7S+. The number of amides is 2. The van der Waals surface area contributed by atoms with E-state index in [0.29, 0.717) is 46.8 Å². The van der Waals surface area contributed by atoms with Gasteiger partial charge in [0, 0.05) is 73.0 Å². The molecule has 0 aliphatic carbocycles. The van der Waals surface area contributed by atoms with Gasteiger partial charge in [0.1, 0.15) is 12.4 Å². The molecule has 2 aliphatic heterocycles. The molecule has 0 fully saturated rings. The fraction of sp³-hybridized carbons (Fsp3) is 0.308. The number of rotatable bonds is 18. The Morgan fingerprint density at radius 3 is 2.61 bits per heavy atom. The molecule has 1 atom stereocenters. The molecule has 2 aromatic heterocycles. The van der Waals surface area contributed by atoms with Gasteiger partial charge in [-0.2, -0.15) is 0 Å². The first kappa shape index (κ1) is 40.0. The molecule has 2 aliphatic rings. The Hall–Kier alpha value is -5.65. The first-order valence-electron chi connectivity index (χ1n) is 18.1. The lowest BCUT2D eigenvalue weighted by molar-refractivity contribution is -0.342. The average Bonchev–Trinajstić information content (AvgIpc) is 3.91. The van der Waals surface area contributed by atoms with Crippen LogP contribution in [-0.2, 0) is 20.7 Å². The minimum absolute atomic E-state index is 0.0347. The molecule has 2 aromatic carbocycles. The van der Waals surface area contributed by atoms with Crippen molar-refractivity contribution in [1.29, 1.82) is 0 Å². The van der Waals surface area contributed by atoms with Crippen LogP contribution in [0.1, 0.15) is 63.7 Å². The van der Waals surface area contributed by atoms with Gasteiger partial charge in [-0.25, -0.2) is 22.9 Å². The first-order valence-corrected chi connectivity index (χ1v) is 19.0. The number of hydrogen-bond acceptors (Lipinski definition) is 9. The number of aromatic carboxylic acids is 1. The van der Waals surface area contributed by atoms with Crippen LogP contribution >= 0.6 is 11.3 Å². The lowest BCUT2D eigenvalue weighted by Crippen LogP contribution is -2.32. The summed E-state index contributed by atoms with van der Waals surface area (Å²) >= 11 is 1.34. The maximum atomic E-state index is 14.0. The van der Waals surface area contributed by atoms with Crippen molar-refractivity contribution in [2.75, 3.05) is 38.2 Å². The van der Waals surface area contributed by atoms with Crippen LogP contribution in [0.3, 0.4) is 0 Å². The Labute approximate surface area is 326 Å². The molecule has 17 heteroatoms. The zero-order valence-corrected chi connectivity index (χ0v) is 31.7. The smallest absolute Gasteiger partial charge is 0.487 e. The van der Waals surface area contributed by atoms with Gasteiger partial charge in [-0.1, -0.05) is 0 Å². The van der Waals surface area contributed by atoms with Crippen molar-refractivity contribution in [1.82, 2.24) is 20.6 Å². The number of hydrogen-bond donors (Lipinski definition) is 5. The van der Waals surface area contributed by atoms with Gasteiger partial charge in [-0.15, -0.1) is 11.3 Å². The predicted molar refractivity (Wildman–Crippen MR) is 209 cm³/mol. The number of carboxylic acid groups (broad SMARTS) is 1. The van der Waals surface area contributed by atoms with Crippen LogP contribution in [0.5, 0.6) is 17.2 Å². The molecule has 0 spiro atoms. The molecule has 0 saturated carbocycles. The Balaban J connectivity index is 1.01. The van der Waals surface area contributed by atoms with Crippen LogP contribution in [0.25, 0.3) is 6.08 Å². The van der Waals surface area contributed by atoms with Crippen molar-refractivity contribution in [3.8, 4) is 17.2 Å². The number of thiazole rings is 1. The average molecular weight is 788 g/mol. The van der Waals surface area contributed by atoms with E-state index in [9.17, 15) is 28.1 Å². The van der Waals surface area contributed by atoms with Crippen LogP contribution in [-0.4, -0.2) is 83.4 Å². The third-order valence-corrected chi connectivity index (χ3v) is 9.83. The van der Waals surface area contributed by atoms with Gasteiger partial charge in [0.05, 0.1) is 18.8 Å². The van der Waals surface area contributed by atoms with Gasteiger partial charge in [-0.05, 0) is 86.0 Å². The van der Waals surface area contributed by atoms with E-state index in [0.717, 1.165) is 32.6 Å². The van der Waals surface area contributed by atoms with E-state index in [-0.39, 0.29) is 69.0 Å². The molecule has 2 amide bonds. The summed E-state index contributed by atoms with van der Waals surface area (Å²) in [7, 11) is -2.75. The Morgan fingerprint density at radius 1 is 1.07 bits per heavy atom. The molecule has 1 unspecified atom stereocenters. The van der Waals surface area contributed by atoms with Crippen molar-refractivity contribution in [3.05, 3.63) is 106 Å². The number of anilines is 1. The summed E-state index contributed by atoms with van der Waals surface area (Å²) in [6.07, 6.45) is 7.59. The van der Waals surface area contributed by atoms with Crippen molar-refractivity contribution < 1.29 is 46.8 Å². The van der Waals surface area contributed by atoms with Gasteiger partial charge in [0.15, 0.2) is 28.0 Å². The summed E-state index contributed by atoms with van der Waals surface area (Å²) in [6.45, 7) is 5.25. The number of halogens is 2. The Bertz CT molecular complexity index is 2140. The van der Waals surface area contributed by atoms with E-state index in [1.807, 2.05) is 32.0 Å². The molecule has 0 radical (unpaired) electrons. The van der Waals surface area contributed by atoms with E-state index in [1.54, 1.807) is 41.9 Å². The van der Waals surface area contributed by atoms with E-state index in [1.165, 1.54) is 23.5 Å². The minimum atomic E-state index is -2.75. The van der Waals surface area contributed by atoms with Crippen molar-refractivity contribution >= 4 is 53.4 Å². The second-order valence-corrected chi connectivity index (χ2v) is 14.1. The molecular weight excluding hydrogens is 745 g/mol. The lowest BCUT2D eigenvalue weighted by Gasteiger charge is -2.28. The number of nitrogens with one attached hydrogen (secondary N) is 4. The molecule has 4 heterocycles. The van der Waals surface area contributed by atoms with Crippen LogP contribution in [0.15, 0.2) is 71.9 Å². The molecule has 6 rings (SSSR count). The van der Waals surface area contributed by atoms with Crippen LogP contribution in [0.4, 0.5) is 13.8 Å². The molecule has 13 nitrogen and oxygen atoms in total. The monoisotopic (exact) mass is 787 g/mol. The summed E-state index contributed by atoms with van der Waals surface area (Å²) in [5, 5.41) is 20.6. The fourth-order valence-electron chi connectivity index (χ4n) is 6.48. The number of ether oxygens (including phenoxy) is 3. The molecule has 292 valence electrons. The van der Waals surface area contributed by atoms with Crippen LogP contribution in [0.2, 0.25) is 0 Å². The number of benzene rings is 2. The SMILES string of the molecule is Cc1cc(C)c(/C=C2/C=CC(CCC(=O)NCCOCCOc3cc4c(cc3Oc3ccc(C(=O)O)cc3)C(CC(=O)Nc3nccs3)NCC4)=[N+]2B(F)F)[nH]1. The second kappa shape index (κ2) is 18.8. The van der Waals surface area contributed by atoms with E-state index >= 15 is 0 Å². The van der Waals surface area contributed by atoms with Crippen LogP contribution < -0.4 is 25.4 Å². The van der Waals surface area contributed by atoms with Crippen LogP contribution in [0, 0.1) is 13.8 Å². The predicted octanol–water partition coefficient (Wildman–Crippen LogP) is 6.07. The maximum absolute atomic E-state index is 14.0. The largest absolute Gasteiger partial charge is 0.934 e. The maximum Gasteiger partial charge on any atom is 0.934 e. The zero-order chi connectivity index (χ0) is 39.6. The molecule has 4 aromatic rings. The highest BCUT2D eigenvalue weighted by molar-refractivity contribution is 7.13. The van der Waals surface area contributed by atoms with E-state index in [4.69, 9.17) is 14.2 Å². The topological polar surface area (TPSA) is 167 Å². The third kappa shape index (κ3) is 10.6. The number of carboxylic acids is 1. The number of fused-ring (bicyclic) bond motifs is 1. The van der Waals surface area contributed by atoms with Gasteiger partial charge in [0.2, 0.25) is 11.8 Å². The quantitative estimate of drug-likeness (QED) is 0.0594. The van der Waals surface area contributed by atoms with Gasteiger partial charge < -0.3 is 40.3 Å². The summed E-state index contributed by atoms with van der Waals surface area (Å²) in [5.74, 6) is -0.297. The zero-order valence-electron chi connectivity index (χ0n) is 30.9. The van der Waals surface area contributed by atoms with E-state index in [2.05, 4.69) is 25.9 Å². The third-order valence-electron chi connectivity index (χ3n) is 9.14. The number of carbonyl (C=O) groups is 3. The number of H-pyrrole nitrogens is 1. The number of aryl methyl sites for hydroxylation is 2. The molecule has 0 saturated heterocycles. The number of nitrogens with zero attached hydrogens (tertiary/aromatic N) is 2. The fourth-order valence-corrected chi connectivity index (χ4v) is 7.02. The standard InChI is InChI=1S/C39H41BF2N6O7S/c1-24-19-25(2)46-32(24)21-29-6-5-28(48(29)40(41)42)7-10-36(49)44-13-15-53-16-17-54-34-20-27-11-12-43-33(23-37(50)47-39-45-14-18-56-39)31(27)22-35(34)55-30-8-3-26(4-9-30)38(51)52/h3-6,8-9,14,18-22,33,43H,7,10-13,15-17,23H2,1-2H3,(H3,44,45,47,49,50,51,52)/p+1. The Morgan fingerprint density at radius 2 is 1.89 bits per heavy atom. The Kier molecular flexibility index (Phi) is 13.4. The van der Waals surface area contributed by atoms with E-state index < -0.39 is 13.4 Å². The van der Waals surface area contributed by atoms with Gasteiger partial charge in [0.25, 0.3) is 0 Å². The lowest BCUT2D eigenvalue weighted by atomic mass is 9.91. The van der Waals surface area contributed by atoms with Crippen molar-refractivity contribution in [2.24, 2.45) is 0 Å². The summed E-state index contributed by atoms with van der Waals surface area (Å²) in [6, 6.07) is 11.4. The normalized spacial score (nSPS) is 15.5. The number of aromatic amines is 1. The number of aromatic nitrogens is 2. The van der Waals surface area contributed by atoms with Crippen molar-refractivity contribution in [3.63, 3.8) is 0 Å². The number of carbonyl (C=O) groups excluding carboxylic acids is 2. The van der Waals surface area contributed by atoms with Crippen molar-refractivity contribution in [2.45, 2.75) is 45.6 Å². The first-order chi connectivity index (χ1) is 27.0. The summed E-state index contributed by atoms with van der Waals surface area (Å²) < 4.78 is 47.0. The second-order valence-electron chi connectivity index (χ2n) is 13.2. The highest BCUT2D eigenvalue weighted by atomic mass is 32.1. The molecule has 5 N–H and O–H groups in total. The summed E-state index contributed by atoms with van der Waals surface area (Å²) in [4.78, 5) is 44.1. The summed E-state index contributed by atoms with van der Waals surface area (Å²) in [5.41, 5.74) is 5.36. The highest BCUT2D eigenvalue weighted by Crippen LogP contribution is 2.39. The number of allylic oxidation sites excluding steroid dienone is 2. The van der Waals surface area contributed by atoms with Gasteiger partial charge >= 0.3 is 13.4 Å². The molecule has 56 heavy (non-hydrogen) atoms. The minimum Gasteiger partial charge on any atom is -0.487 e.